The zero-order valence-electron chi connectivity index (χ0n) is 10.6. The fourth-order valence-corrected chi connectivity index (χ4v) is 3.10. The summed E-state index contributed by atoms with van der Waals surface area (Å²) < 4.78 is 2.08. The van der Waals surface area contributed by atoms with Crippen LogP contribution in [-0.2, 0) is 0 Å². The molecule has 1 aromatic carbocycles. The van der Waals surface area contributed by atoms with Crippen molar-refractivity contribution in [3.8, 4) is 0 Å². The average Bonchev–Trinajstić information content (AvgIpc) is 2.69. The highest BCUT2D eigenvalue weighted by atomic mass is 79.9. The van der Waals surface area contributed by atoms with Gasteiger partial charge >= 0.3 is 0 Å². The molecule has 2 nitrogen and oxygen atoms in total. The molecule has 2 rings (SSSR count). The van der Waals surface area contributed by atoms with Crippen LogP contribution in [0, 0.1) is 0 Å². The van der Waals surface area contributed by atoms with Gasteiger partial charge in [-0.3, -0.25) is 0 Å². The number of hydrogen-bond donors (Lipinski definition) is 0. The van der Waals surface area contributed by atoms with Crippen molar-refractivity contribution < 1.29 is 0 Å². The zero-order valence-corrected chi connectivity index (χ0v) is 13.8. The Morgan fingerprint density at radius 3 is 2.78 bits per heavy atom. The summed E-state index contributed by atoms with van der Waals surface area (Å²) in [5, 5.41) is 0. The standard InChI is InChI=1S/C14H16Br2N2/c1-10(2)9-18-7-3-4-14(18)17-13-6-5-11(15)8-12(13)16/h5-6,8-9H,3-4,7H2,1-2H3. The van der Waals surface area contributed by atoms with Crippen molar-refractivity contribution in [1.82, 2.24) is 4.90 Å². The van der Waals surface area contributed by atoms with Crippen molar-refractivity contribution in [2.45, 2.75) is 26.7 Å². The van der Waals surface area contributed by atoms with E-state index in [4.69, 9.17) is 4.99 Å². The van der Waals surface area contributed by atoms with Gasteiger partial charge in [0.25, 0.3) is 0 Å². The van der Waals surface area contributed by atoms with Crippen LogP contribution in [0.15, 0.2) is 43.9 Å². The van der Waals surface area contributed by atoms with E-state index < -0.39 is 0 Å². The van der Waals surface area contributed by atoms with Crippen molar-refractivity contribution in [1.29, 1.82) is 0 Å². The van der Waals surface area contributed by atoms with E-state index in [1.54, 1.807) is 0 Å². The summed E-state index contributed by atoms with van der Waals surface area (Å²) in [6, 6.07) is 6.07. The lowest BCUT2D eigenvalue weighted by Crippen LogP contribution is -2.18. The van der Waals surface area contributed by atoms with Gasteiger partial charge in [-0.1, -0.05) is 21.5 Å². The van der Waals surface area contributed by atoms with Gasteiger partial charge in [0.2, 0.25) is 0 Å². The Kier molecular flexibility index (Phi) is 4.62. The topological polar surface area (TPSA) is 15.6 Å². The number of hydrogen-bond acceptors (Lipinski definition) is 1. The Morgan fingerprint density at radius 1 is 1.33 bits per heavy atom. The fourth-order valence-electron chi connectivity index (χ4n) is 1.96. The highest BCUT2D eigenvalue weighted by molar-refractivity contribution is 9.11. The third-order valence-electron chi connectivity index (χ3n) is 2.70. The molecular formula is C14H16Br2N2. The normalized spacial score (nSPS) is 17.3. The van der Waals surface area contributed by atoms with Gasteiger partial charge in [0.05, 0.1) is 5.69 Å². The van der Waals surface area contributed by atoms with Gasteiger partial charge in [0.15, 0.2) is 0 Å². The summed E-state index contributed by atoms with van der Waals surface area (Å²) in [6.45, 7) is 5.30. The molecule has 0 spiro atoms. The van der Waals surface area contributed by atoms with Crippen LogP contribution in [-0.4, -0.2) is 17.3 Å². The number of rotatable bonds is 2. The van der Waals surface area contributed by atoms with E-state index in [9.17, 15) is 0 Å². The molecule has 1 heterocycles. The van der Waals surface area contributed by atoms with Crippen molar-refractivity contribution >= 4 is 43.4 Å². The number of allylic oxidation sites excluding steroid dienone is 1. The van der Waals surface area contributed by atoms with Gasteiger partial charge in [0, 0.05) is 28.1 Å². The summed E-state index contributed by atoms with van der Waals surface area (Å²) in [4.78, 5) is 7.02. The van der Waals surface area contributed by atoms with Gasteiger partial charge in [0.1, 0.15) is 5.84 Å². The maximum absolute atomic E-state index is 4.76. The molecule has 18 heavy (non-hydrogen) atoms. The van der Waals surface area contributed by atoms with Crippen LogP contribution in [0.5, 0.6) is 0 Å². The lowest BCUT2D eigenvalue weighted by Gasteiger charge is -2.14. The third kappa shape index (κ3) is 3.45. The lowest BCUT2D eigenvalue weighted by atomic mass is 10.3. The molecule has 0 unspecified atom stereocenters. The molecule has 0 amide bonds. The van der Waals surface area contributed by atoms with Gasteiger partial charge in [-0.15, -0.1) is 0 Å². The Hall–Kier alpha value is -0.610. The third-order valence-corrected chi connectivity index (χ3v) is 3.83. The lowest BCUT2D eigenvalue weighted by molar-refractivity contribution is 0.598. The minimum atomic E-state index is 0.988. The maximum atomic E-state index is 4.76. The van der Waals surface area contributed by atoms with Crippen LogP contribution in [0.4, 0.5) is 5.69 Å². The number of amidine groups is 1. The van der Waals surface area contributed by atoms with Crippen LogP contribution in [0.3, 0.4) is 0 Å². The Balaban J connectivity index is 2.29. The fraction of sp³-hybridized carbons (Fsp3) is 0.357. The molecule has 0 N–H and O–H groups in total. The molecular weight excluding hydrogens is 356 g/mol. The monoisotopic (exact) mass is 370 g/mol. The van der Waals surface area contributed by atoms with Crippen LogP contribution in [0.25, 0.3) is 0 Å². The quantitative estimate of drug-likeness (QED) is 0.692. The molecule has 1 aliphatic heterocycles. The largest absolute Gasteiger partial charge is 0.337 e. The number of nitrogens with zero attached hydrogens (tertiary/aromatic N) is 2. The molecule has 0 atom stereocenters. The molecule has 1 aliphatic rings. The first-order valence-corrected chi connectivity index (χ1v) is 7.59. The molecule has 96 valence electrons. The number of aliphatic imine (C=N–C) groups is 1. The van der Waals surface area contributed by atoms with E-state index in [0.29, 0.717) is 0 Å². The Labute approximate surface area is 125 Å². The Bertz CT molecular complexity index is 503. The first kappa shape index (κ1) is 13.8. The SMILES string of the molecule is CC(C)=CN1CCCC1=Nc1ccc(Br)cc1Br. The number of halogens is 2. The van der Waals surface area contributed by atoms with E-state index in [1.165, 1.54) is 12.0 Å². The van der Waals surface area contributed by atoms with E-state index in [-0.39, 0.29) is 0 Å². The molecule has 0 radical (unpaired) electrons. The summed E-state index contributed by atoms with van der Waals surface area (Å²) in [5.74, 6) is 1.15. The smallest absolute Gasteiger partial charge is 0.109 e. The van der Waals surface area contributed by atoms with E-state index in [0.717, 1.165) is 33.4 Å². The van der Waals surface area contributed by atoms with Gasteiger partial charge in [-0.25, -0.2) is 4.99 Å². The van der Waals surface area contributed by atoms with Crippen LogP contribution < -0.4 is 0 Å². The molecule has 1 fully saturated rings. The van der Waals surface area contributed by atoms with Crippen LogP contribution in [0.2, 0.25) is 0 Å². The van der Waals surface area contributed by atoms with Crippen molar-refractivity contribution in [2.75, 3.05) is 6.54 Å². The second-order valence-electron chi connectivity index (χ2n) is 4.63. The van der Waals surface area contributed by atoms with E-state index in [1.807, 2.05) is 18.2 Å². The summed E-state index contributed by atoms with van der Waals surface area (Å²) >= 11 is 7.01. The average molecular weight is 372 g/mol. The molecule has 4 heteroatoms. The van der Waals surface area contributed by atoms with Crippen LogP contribution >= 0.6 is 31.9 Å². The van der Waals surface area contributed by atoms with Gasteiger partial charge in [-0.2, -0.15) is 0 Å². The maximum Gasteiger partial charge on any atom is 0.109 e. The van der Waals surface area contributed by atoms with Crippen LogP contribution in [0.1, 0.15) is 26.7 Å². The summed E-state index contributed by atoms with van der Waals surface area (Å²) in [7, 11) is 0. The predicted molar refractivity (Wildman–Crippen MR) is 84.3 cm³/mol. The minimum Gasteiger partial charge on any atom is -0.337 e. The van der Waals surface area contributed by atoms with E-state index in [2.05, 4.69) is 56.8 Å². The first-order chi connectivity index (χ1) is 8.56. The number of benzene rings is 1. The zero-order chi connectivity index (χ0) is 13.1. The second-order valence-corrected chi connectivity index (χ2v) is 6.40. The van der Waals surface area contributed by atoms with Crippen molar-refractivity contribution in [3.63, 3.8) is 0 Å². The summed E-state index contributed by atoms with van der Waals surface area (Å²) in [6.07, 6.45) is 4.40. The van der Waals surface area contributed by atoms with E-state index >= 15 is 0 Å². The highest BCUT2D eigenvalue weighted by Crippen LogP contribution is 2.30. The molecule has 0 aliphatic carbocycles. The number of likely N-dealkylation sites (tertiary alicyclic amines) is 1. The second kappa shape index (κ2) is 6.02. The van der Waals surface area contributed by atoms with Gasteiger partial charge in [-0.05, 0) is 54.4 Å². The van der Waals surface area contributed by atoms with Gasteiger partial charge < -0.3 is 4.90 Å². The molecule has 0 bridgehead atoms. The summed E-state index contributed by atoms with van der Waals surface area (Å²) in [5.41, 5.74) is 2.29. The predicted octanol–water partition coefficient (Wildman–Crippen LogP) is 5.26. The molecule has 0 saturated carbocycles. The highest BCUT2D eigenvalue weighted by Gasteiger charge is 2.16. The molecule has 1 aromatic rings. The minimum absolute atomic E-state index is 0.988. The van der Waals surface area contributed by atoms with Crippen molar-refractivity contribution in [3.05, 3.63) is 38.9 Å². The van der Waals surface area contributed by atoms with Crippen molar-refractivity contribution in [2.24, 2.45) is 4.99 Å². The Morgan fingerprint density at radius 2 is 2.11 bits per heavy atom. The first-order valence-electron chi connectivity index (χ1n) is 6.00. The molecule has 0 aromatic heterocycles. The molecule has 1 saturated heterocycles.